The zero-order valence-corrected chi connectivity index (χ0v) is 5.58. The van der Waals surface area contributed by atoms with Gasteiger partial charge >= 0.3 is 0 Å². The molecule has 0 saturated carbocycles. The van der Waals surface area contributed by atoms with E-state index in [1.54, 1.807) is 0 Å². The van der Waals surface area contributed by atoms with Gasteiger partial charge in [0.25, 0.3) is 0 Å². The topological polar surface area (TPSA) is 32.6 Å². The van der Waals surface area contributed by atoms with Crippen molar-refractivity contribution in [3.8, 4) is 0 Å². The lowest BCUT2D eigenvalue weighted by atomic mass is 9.97. The number of aliphatic imine (C=N–C) groups is 1. The van der Waals surface area contributed by atoms with Crippen molar-refractivity contribution in [2.75, 3.05) is 13.2 Å². The van der Waals surface area contributed by atoms with Gasteiger partial charge in [-0.15, -0.1) is 0 Å². The molecule has 1 heterocycles. The molecule has 0 bridgehead atoms. The third kappa shape index (κ3) is 2.14. The first-order chi connectivity index (χ1) is 4.43. The van der Waals surface area contributed by atoms with Gasteiger partial charge in [0.2, 0.25) is 0 Å². The maximum Gasteiger partial charge on any atom is 0.0433 e. The van der Waals surface area contributed by atoms with Gasteiger partial charge in [-0.25, -0.2) is 0 Å². The summed E-state index contributed by atoms with van der Waals surface area (Å²) in [6, 6.07) is 0. The van der Waals surface area contributed by atoms with E-state index in [2.05, 4.69) is 4.99 Å². The third-order valence-electron chi connectivity index (χ3n) is 1.77. The van der Waals surface area contributed by atoms with Gasteiger partial charge in [-0.1, -0.05) is 0 Å². The molecule has 0 aliphatic carbocycles. The van der Waals surface area contributed by atoms with E-state index in [9.17, 15) is 0 Å². The molecule has 0 aromatic carbocycles. The van der Waals surface area contributed by atoms with Crippen LogP contribution in [0.4, 0.5) is 0 Å². The minimum Gasteiger partial charge on any atom is -0.396 e. The molecule has 0 aromatic heterocycles. The summed E-state index contributed by atoms with van der Waals surface area (Å²) in [6.45, 7) is 1.29. The molecule has 0 fully saturated rings. The van der Waals surface area contributed by atoms with Gasteiger partial charge in [0.15, 0.2) is 0 Å². The molecule has 0 aromatic rings. The Morgan fingerprint density at radius 3 is 3.11 bits per heavy atom. The fraction of sp³-hybridized carbons (Fsp3) is 0.857. The van der Waals surface area contributed by atoms with Crippen LogP contribution in [-0.4, -0.2) is 24.5 Å². The highest BCUT2D eigenvalue weighted by atomic mass is 16.3. The van der Waals surface area contributed by atoms with Crippen molar-refractivity contribution in [1.82, 2.24) is 0 Å². The third-order valence-corrected chi connectivity index (χ3v) is 1.77. The highest BCUT2D eigenvalue weighted by molar-refractivity contribution is 5.58. The van der Waals surface area contributed by atoms with Gasteiger partial charge in [-0.3, -0.25) is 4.99 Å². The Labute approximate surface area is 55.6 Å². The predicted molar refractivity (Wildman–Crippen MR) is 37.8 cm³/mol. The SMILES string of the molecule is OCCC1CC=NCC1. The Morgan fingerprint density at radius 2 is 2.56 bits per heavy atom. The maximum atomic E-state index is 8.57. The lowest BCUT2D eigenvalue weighted by molar-refractivity contribution is 0.254. The summed E-state index contributed by atoms with van der Waals surface area (Å²) in [6.07, 6.45) is 5.16. The molecule has 2 nitrogen and oxygen atoms in total. The van der Waals surface area contributed by atoms with Gasteiger partial charge in [-0.05, 0) is 31.4 Å². The molecular weight excluding hydrogens is 114 g/mol. The van der Waals surface area contributed by atoms with Crippen molar-refractivity contribution >= 4 is 6.21 Å². The van der Waals surface area contributed by atoms with Crippen LogP contribution in [0, 0.1) is 5.92 Å². The van der Waals surface area contributed by atoms with Crippen molar-refractivity contribution in [2.45, 2.75) is 19.3 Å². The van der Waals surface area contributed by atoms with Crippen molar-refractivity contribution in [2.24, 2.45) is 10.9 Å². The molecule has 1 aliphatic rings. The molecule has 9 heavy (non-hydrogen) atoms. The first kappa shape index (κ1) is 6.75. The Kier molecular flexibility index (Phi) is 2.71. The van der Waals surface area contributed by atoms with Crippen LogP contribution in [0.1, 0.15) is 19.3 Å². The maximum absolute atomic E-state index is 8.57. The molecule has 1 rings (SSSR count). The van der Waals surface area contributed by atoms with Crippen LogP contribution in [0.25, 0.3) is 0 Å². The van der Waals surface area contributed by atoms with Gasteiger partial charge in [-0.2, -0.15) is 0 Å². The summed E-state index contributed by atoms with van der Waals surface area (Å²) in [5.41, 5.74) is 0. The van der Waals surface area contributed by atoms with Gasteiger partial charge in [0.05, 0.1) is 0 Å². The number of aliphatic hydroxyl groups excluding tert-OH is 1. The minimum absolute atomic E-state index is 0.332. The second kappa shape index (κ2) is 3.62. The quantitative estimate of drug-likeness (QED) is 0.586. The average molecular weight is 127 g/mol. The van der Waals surface area contributed by atoms with Gasteiger partial charge < -0.3 is 5.11 Å². The highest BCUT2D eigenvalue weighted by Crippen LogP contribution is 2.14. The van der Waals surface area contributed by atoms with Crippen LogP contribution in [0.5, 0.6) is 0 Å². The molecule has 1 aliphatic heterocycles. The van der Waals surface area contributed by atoms with Gasteiger partial charge in [0.1, 0.15) is 0 Å². The Hall–Kier alpha value is -0.370. The van der Waals surface area contributed by atoms with Crippen molar-refractivity contribution < 1.29 is 5.11 Å². The minimum atomic E-state index is 0.332. The normalized spacial score (nSPS) is 26.6. The summed E-state index contributed by atoms with van der Waals surface area (Å²) in [7, 11) is 0. The van der Waals surface area contributed by atoms with E-state index in [-0.39, 0.29) is 0 Å². The van der Waals surface area contributed by atoms with E-state index >= 15 is 0 Å². The second-order valence-electron chi connectivity index (χ2n) is 2.49. The molecule has 0 amide bonds. The molecule has 0 spiro atoms. The number of aliphatic hydroxyl groups is 1. The zero-order valence-electron chi connectivity index (χ0n) is 5.58. The highest BCUT2D eigenvalue weighted by Gasteiger charge is 2.08. The summed E-state index contributed by atoms with van der Waals surface area (Å²) in [4.78, 5) is 4.10. The van der Waals surface area contributed by atoms with E-state index < -0.39 is 0 Å². The van der Waals surface area contributed by atoms with E-state index in [4.69, 9.17) is 5.11 Å². The van der Waals surface area contributed by atoms with Crippen LogP contribution in [-0.2, 0) is 0 Å². The smallest absolute Gasteiger partial charge is 0.0433 e. The number of hydrogen-bond donors (Lipinski definition) is 1. The largest absolute Gasteiger partial charge is 0.396 e. The Bertz CT molecular complexity index is 101. The fourth-order valence-electron chi connectivity index (χ4n) is 1.13. The zero-order chi connectivity index (χ0) is 6.53. The van der Waals surface area contributed by atoms with E-state index in [0.717, 1.165) is 25.8 Å². The van der Waals surface area contributed by atoms with E-state index in [0.29, 0.717) is 12.5 Å². The molecule has 52 valence electrons. The summed E-state index contributed by atoms with van der Waals surface area (Å²) in [5.74, 6) is 0.701. The molecular formula is C7H13NO. The van der Waals surface area contributed by atoms with Crippen LogP contribution >= 0.6 is 0 Å². The van der Waals surface area contributed by atoms with E-state index in [1.165, 1.54) is 0 Å². The average Bonchev–Trinajstić information content (AvgIpc) is 1.91. The monoisotopic (exact) mass is 127 g/mol. The van der Waals surface area contributed by atoms with Crippen molar-refractivity contribution in [3.63, 3.8) is 0 Å². The Morgan fingerprint density at radius 1 is 1.67 bits per heavy atom. The predicted octanol–water partition coefficient (Wildman–Crippen LogP) is 0.850. The molecule has 1 N–H and O–H groups in total. The molecule has 0 saturated heterocycles. The summed E-state index contributed by atoms with van der Waals surface area (Å²) in [5, 5.41) is 8.57. The standard InChI is InChI=1S/C7H13NO/c9-6-3-7-1-4-8-5-2-7/h4,7,9H,1-3,5-6H2. The number of rotatable bonds is 2. The number of nitrogens with zero attached hydrogens (tertiary/aromatic N) is 1. The summed E-state index contributed by atoms with van der Waals surface area (Å²) < 4.78 is 0. The van der Waals surface area contributed by atoms with Crippen LogP contribution in [0.15, 0.2) is 4.99 Å². The van der Waals surface area contributed by atoms with E-state index in [1.807, 2.05) is 6.21 Å². The molecule has 1 atom stereocenters. The van der Waals surface area contributed by atoms with Crippen molar-refractivity contribution in [1.29, 1.82) is 0 Å². The van der Waals surface area contributed by atoms with Crippen LogP contribution in [0.2, 0.25) is 0 Å². The molecule has 1 unspecified atom stereocenters. The number of hydrogen-bond acceptors (Lipinski definition) is 2. The first-order valence-electron chi connectivity index (χ1n) is 3.52. The van der Waals surface area contributed by atoms with Gasteiger partial charge in [0, 0.05) is 13.2 Å². The molecule has 0 radical (unpaired) electrons. The summed E-state index contributed by atoms with van der Waals surface area (Å²) >= 11 is 0. The van der Waals surface area contributed by atoms with Crippen LogP contribution < -0.4 is 0 Å². The second-order valence-corrected chi connectivity index (χ2v) is 2.49. The first-order valence-corrected chi connectivity index (χ1v) is 3.52. The van der Waals surface area contributed by atoms with Crippen molar-refractivity contribution in [3.05, 3.63) is 0 Å². The Balaban J connectivity index is 2.18. The lowest BCUT2D eigenvalue weighted by Gasteiger charge is -2.14. The van der Waals surface area contributed by atoms with Crippen LogP contribution in [0.3, 0.4) is 0 Å². The fourth-order valence-corrected chi connectivity index (χ4v) is 1.13. The lowest BCUT2D eigenvalue weighted by Crippen LogP contribution is -2.09. The molecule has 2 heteroatoms.